The van der Waals surface area contributed by atoms with Crippen molar-refractivity contribution < 1.29 is 13.5 Å². The van der Waals surface area contributed by atoms with Gasteiger partial charge in [-0.1, -0.05) is 30.3 Å². The van der Waals surface area contributed by atoms with Gasteiger partial charge in [0, 0.05) is 0 Å². The van der Waals surface area contributed by atoms with Gasteiger partial charge in [0.05, 0.1) is 5.56 Å². The second-order valence-corrected chi connectivity index (χ2v) is 4.53. The normalized spacial score (nSPS) is 10.6. The lowest BCUT2D eigenvalue weighted by Crippen LogP contribution is -1.97. The van der Waals surface area contributed by atoms with Crippen LogP contribution in [0.25, 0.3) is 11.5 Å². The van der Waals surface area contributed by atoms with Crippen LogP contribution in [0.4, 0.5) is 4.39 Å². The first-order valence-electron chi connectivity index (χ1n) is 6.50. The summed E-state index contributed by atoms with van der Waals surface area (Å²) in [7, 11) is 0. The monoisotopic (exact) mass is 284 g/mol. The fourth-order valence-electron chi connectivity index (χ4n) is 1.91. The highest BCUT2D eigenvalue weighted by atomic mass is 19.1. The molecule has 4 nitrogen and oxygen atoms in total. The number of benzene rings is 2. The molecule has 0 amide bonds. The molecular weight excluding hydrogens is 271 g/mol. The molecule has 0 atom stereocenters. The van der Waals surface area contributed by atoms with E-state index in [1.165, 1.54) is 6.07 Å². The summed E-state index contributed by atoms with van der Waals surface area (Å²) in [6.45, 7) is 2.10. The van der Waals surface area contributed by atoms with E-state index in [9.17, 15) is 4.39 Å². The molecular formula is C16H13FN2O2. The van der Waals surface area contributed by atoms with Crippen molar-refractivity contribution in [3.05, 3.63) is 65.8 Å². The van der Waals surface area contributed by atoms with E-state index in [4.69, 9.17) is 9.15 Å². The maximum atomic E-state index is 13.6. The number of halogens is 1. The minimum atomic E-state index is -0.396. The lowest BCUT2D eigenvalue weighted by Gasteiger charge is -2.05. The second-order valence-electron chi connectivity index (χ2n) is 4.53. The minimum Gasteiger partial charge on any atom is -0.484 e. The van der Waals surface area contributed by atoms with Gasteiger partial charge in [0.2, 0.25) is 0 Å². The number of rotatable bonds is 4. The van der Waals surface area contributed by atoms with E-state index in [2.05, 4.69) is 10.2 Å². The smallest absolute Gasteiger partial charge is 0.254 e. The predicted octanol–water partition coefficient (Wildman–Crippen LogP) is 3.76. The Hall–Kier alpha value is -2.69. The van der Waals surface area contributed by atoms with Gasteiger partial charge in [-0.3, -0.25) is 0 Å². The van der Waals surface area contributed by atoms with E-state index in [0.29, 0.717) is 5.89 Å². The van der Waals surface area contributed by atoms with Crippen LogP contribution in [-0.2, 0) is 6.61 Å². The van der Waals surface area contributed by atoms with Gasteiger partial charge in [-0.15, -0.1) is 10.2 Å². The third kappa shape index (κ3) is 2.91. The number of hydrogen-bond acceptors (Lipinski definition) is 4. The SMILES string of the molecule is Cc1ccccc1OCc1nnc(-c2ccccc2F)o1. The molecule has 0 saturated heterocycles. The number of nitrogens with zero attached hydrogens (tertiary/aromatic N) is 2. The van der Waals surface area contributed by atoms with Crippen LogP contribution >= 0.6 is 0 Å². The Bertz CT molecular complexity index is 755. The molecule has 0 fully saturated rings. The van der Waals surface area contributed by atoms with Gasteiger partial charge in [-0.2, -0.15) is 0 Å². The molecule has 0 spiro atoms. The summed E-state index contributed by atoms with van der Waals surface area (Å²) in [6.07, 6.45) is 0. The predicted molar refractivity (Wildman–Crippen MR) is 75.2 cm³/mol. The van der Waals surface area contributed by atoms with Crippen molar-refractivity contribution in [2.24, 2.45) is 0 Å². The third-order valence-electron chi connectivity index (χ3n) is 3.02. The van der Waals surface area contributed by atoms with Gasteiger partial charge in [0.1, 0.15) is 11.6 Å². The highest BCUT2D eigenvalue weighted by Gasteiger charge is 2.12. The molecule has 5 heteroatoms. The maximum Gasteiger partial charge on any atom is 0.254 e. The Balaban J connectivity index is 1.74. The maximum absolute atomic E-state index is 13.6. The van der Waals surface area contributed by atoms with Crippen molar-refractivity contribution in [1.82, 2.24) is 10.2 Å². The van der Waals surface area contributed by atoms with Crippen LogP contribution in [0.1, 0.15) is 11.5 Å². The topological polar surface area (TPSA) is 48.2 Å². The molecule has 3 rings (SSSR count). The molecule has 2 aromatic carbocycles. The Morgan fingerprint density at radius 2 is 1.81 bits per heavy atom. The van der Waals surface area contributed by atoms with Gasteiger partial charge in [0.15, 0.2) is 6.61 Å². The van der Waals surface area contributed by atoms with Gasteiger partial charge >= 0.3 is 0 Å². The molecule has 21 heavy (non-hydrogen) atoms. The Morgan fingerprint density at radius 1 is 1.05 bits per heavy atom. The number of aromatic nitrogens is 2. The van der Waals surface area contributed by atoms with Crippen LogP contribution in [0.3, 0.4) is 0 Å². The van der Waals surface area contributed by atoms with Gasteiger partial charge in [-0.25, -0.2) is 4.39 Å². The van der Waals surface area contributed by atoms with Gasteiger partial charge < -0.3 is 9.15 Å². The fraction of sp³-hybridized carbons (Fsp3) is 0.125. The fourth-order valence-corrected chi connectivity index (χ4v) is 1.91. The van der Waals surface area contributed by atoms with E-state index >= 15 is 0 Å². The molecule has 0 aliphatic heterocycles. The molecule has 1 heterocycles. The first kappa shape index (κ1) is 13.3. The number of para-hydroxylation sites is 1. The molecule has 1 aromatic heterocycles. The zero-order valence-corrected chi connectivity index (χ0v) is 11.4. The summed E-state index contributed by atoms with van der Waals surface area (Å²) < 4.78 is 24.7. The van der Waals surface area contributed by atoms with Crippen LogP contribution in [0.15, 0.2) is 52.9 Å². The lowest BCUT2D eigenvalue weighted by atomic mass is 10.2. The molecule has 0 N–H and O–H groups in total. The van der Waals surface area contributed by atoms with Gasteiger partial charge in [-0.05, 0) is 30.7 Å². The average Bonchev–Trinajstić information content (AvgIpc) is 2.96. The quantitative estimate of drug-likeness (QED) is 0.732. The van der Waals surface area contributed by atoms with Crippen LogP contribution in [-0.4, -0.2) is 10.2 Å². The summed E-state index contributed by atoms with van der Waals surface area (Å²) in [5.41, 5.74) is 1.30. The van der Waals surface area contributed by atoms with E-state index in [-0.39, 0.29) is 18.1 Å². The number of ether oxygens (including phenoxy) is 1. The summed E-state index contributed by atoms with van der Waals surface area (Å²) in [5.74, 6) is 0.809. The highest BCUT2D eigenvalue weighted by Crippen LogP contribution is 2.22. The van der Waals surface area contributed by atoms with Gasteiger partial charge in [0.25, 0.3) is 11.8 Å². The molecule has 0 aliphatic carbocycles. The zero-order valence-electron chi connectivity index (χ0n) is 11.4. The van der Waals surface area contributed by atoms with Crippen molar-refractivity contribution in [3.63, 3.8) is 0 Å². The van der Waals surface area contributed by atoms with E-state index in [0.717, 1.165) is 11.3 Å². The zero-order chi connectivity index (χ0) is 14.7. The average molecular weight is 284 g/mol. The second kappa shape index (κ2) is 5.75. The van der Waals surface area contributed by atoms with E-state index in [1.54, 1.807) is 18.2 Å². The summed E-state index contributed by atoms with van der Waals surface area (Å²) in [5, 5.41) is 7.72. The third-order valence-corrected chi connectivity index (χ3v) is 3.02. The number of aryl methyl sites for hydroxylation is 1. The summed E-state index contributed by atoms with van der Waals surface area (Å²) in [4.78, 5) is 0. The Labute approximate surface area is 121 Å². The number of hydrogen-bond donors (Lipinski definition) is 0. The van der Waals surface area contributed by atoms with E-state index in [1.807, 2.05) is 31.2 Å². The highest BCUT2D eigenvalue weighted by molar-refractivity contribution is 5.53. The minimum absolute atomic E-state index is 0.145. The van der Waals surface area contributed by atoms with Crippen molar-refractivity contribution in [1.29, 1.82) is 0 Å². The molecule has 106 valence electrons. The molecule has 0 unspecified atom stereocenters. The van der Waals surface area contributed by atoms with Crippen molar-refractivity contribution >= 4 is 0 Å². The molecule has 0 radical (unpaired) electrons. The molecule has 0 bridgehead atoms. The Kier molecular flexibility index (Phi) is 3.64. The van der Waals surface area contributed by atoms with Crippen LogP contribution in [0.2, 0.25) is 0 Å². The lowest BCUT2D eigenvalue weighted by molar-refractivity contribution is 0.263. The molecule has 3 aromatic rings. The summed E-state index contributed by atoms with van der Waals surface area (Å²) in [6, 6.07) is 13.9. The van der Waals surface area contributed by atoms with E-state index < -0.39 is 5.82 Å². The van der Waals surface area contributed by atoms with Crippen molar-refractivity contribution in [2.75, 3.05) is 0 Å². The molecule has 0 saturated carbocycles. The summed E-state index contributed by atoms with van der Waals surface area (Å²) >= 11 is 0. The molecule has 0 aliphatic rings. The standard InChI is InChI=1S/C16H13FN2O2/c1-11-6-2-5-9-14(11)20-10-15-18-19-16(21-15)12-7-3-4-8-13(12)17/h2-9H,10H2,1H3. The van der Waals surface area contributed by atoms with Crippen LogP contribution < -0.4 is 4.74 Å². The first-order chi connectivity index (χ1) is 10.2. The van der Waals surface area contributed by atoms with Crippen LogP contribution in [0, 0.1) is 12.7 Å². The first-order valence-corrected chi connectivity index (χ1v) is 6.50. The van der Waals surface area contributed by atoms with Crippen molar-refractivity contribution in [3.8, 4) is 17.2 Å². The van der Waals surface area contributed by atoms with Crippen molar-refractivity contribution in [2.45, 2.75) is 13.5 Å². The largest absolute Gasteiger partial charge is 0.484 e. The Morgan fingerprint density at radius 3 is 2.62 bits per heavy atom. The van der Waals surface area contributed by atoms with Crippen LogP contribution in [0.5, 0.6) is 5.75 Å².